The van der Waals surface area contributed by atoms with Gasteiger partial charge in [0.15, 0.2) is 18.1 Å². The van der Waals surface area contributed by atoms with Crippen LogP contribution in [-0.2, 0) is 14.4 Å². The predicted octanol–water partition coefficient (Wildman–Crippen LogP) is 6.42. The Morgan fingerprint density at radius 1 is 0.951 bits per heavy atom. The Morgan fingerprint density at radius 2 is 1.66 bits per heavy atom. The Balaban J connectivity index is 1.38. The summed E-state index contributed by atoms with van der Waals surface area (Å²) in [7, 11) is 1.44. The number of ether oxygens (including phenoxy) is 2. The van der Waals surface area contributed by atoms with Crippen LogP contribution in [0, 0.1) is 13.8 Å². The second-order valence-electron chi connectivity index (χ2n) is 8.99. The van der Waals surface area contributed by atoms with Gasteiger partial charge >= 0.3 is 0 Å². The number of nitrogens with zero attached hydrogens (tertiary/aromatic N) is 1. The number of amides is 4. The van der Waals surface area contributed by atoms with Gasteiger partial charge in [0.25, 0.3) is 17.1 Å². The van der Waals surface area contributed by atoms with Gasteiger partial charge in [-0.3, -0.25) is 24.1 Å². The first-order valence-corrected chi connectivity index (χ1v) is 14.2. The zero-order chi connectivity index (χ0) is 29.7. The second-order valence-corrected chi connectivity index (χ2v) is 11.2. The van der Waals surface area contributed by atoms with E-state index in [-0.39, 0.29) is 11.5 Å². The minimum atomic E-state index is -0.570. The van der Waals surface area contributed by atoms with Crippen LogP contribution in [0.2, 0.25) is 5.02 Å². The van der Waals surface area contributed by atoms with E-state index in [2.05, 4.69) is 26.6 Å². The number of halogens is 2. The quantitative estimate of drug-likeness (QED) is 0.255. The summed E-state index contributed by atoms with van der Waals surface area (Å²) in [5.41, 5.74) is 3.77. The molecule has 1 aliphatic heterocycles. The van der Waals surface area contributed by atoms with E-state index in [1.54, 1.807) is 42.5 Å². The first kappa shape index (κ1) is 30.2. The van der Waals surface area contributed by atoms with Gasteiger partial charge in [0, 0.05) is 15.8 Å². The molecule has 2 N–H and O–H groups in total. The van der Waals surface area contributed by atoms with Gasteiger partial charge in [-0.05, 0) is 107 Å². The lowest BCUT2D eigenvalue weighted by atomic mass is 10.1. The van der Waals surface area contributed by atoms with Crippen molar-refractivity contribution >= 4 is 79.7 Å². The van der Waals surface area contributed by atoms with E-state index in [4.69, 9.17) is 21.1 Å². The summed E-state index contributed by atoms with van der Waals surface area (Å²) in [4.78, 5) is 51.4. The lowest BCUT2D eigenvalue weighted by molar-refractivity contribution is -0.127. The number of carbonyl (C=O) groups is 4. The molecule has 0 atom stereocenters. The van der Waals surface area contributed by atoms with Gasteiger partial charge in [-0.15, -0.1) is 0 Å². The molecule has 0 radical (unpaired) electrons. The van der Waals surface area contributed by atoms with Crippen LogP contribution in [0.3, 0.4) is 0 Å². The molecule has 4 rings (SSSR count). The van der Waals surface area contributed by atoms with E-state index >= 15 is 0 Å². The Bertz CT molecular complexity index is 1580. The van der Waals surface area contributed by atoms with Gasteiger partial charge in [0.2, 0.25) is 5.91 Å². The van der Waals surface area contributed by atoms with E-state index in [9.17, 15) is 19.2 Å². The van der Waals surface area contributed by atoms with Gasteiger partial charge < -0.3 is 20.1 Å². The molecule has 0 bridgehead atoms. The van der Waals surface area contributed by atoms with Crippen molar-refractivity contribution in [1.82, 2.24) is 4.90 Å². The van der Waals surface area contributed by atoms with Crippen LogP contribution in [-0.4, -0.2) is 48.1 Å². The SMILES string of the molecule is COc1cc(/C=C2/SC(=O)N(CC(=O)Nc3ccc(C)c(C)c3)C2=O)ccc1OCC(=O)Nc1ccc(Br)c(Cl)c1. The summed E-state index contributed by atoms with van der Waals surface area (Å²) in [6.07, 6.45) is 1.53. The summed E-state index contributed by atoms with van der Waals surface area (Å²) >= 11 is 10.1. The first-order chi connectivity index (χ1) is 19.5. The molecule has 0 spiro atoms. The molecule has 0 saturated carbocycles. The number of rotatable bonds is 9. The largest absolute Gasteiger partial charge is 0.493 e. The number of methoxy groups -OCH3 is 1. The lowest BCUT2D eigenvalue weighted by Gasteiger charge is -2.13. The van der Waals surface area contributed by atoms with Gasteiger partial charge in [0.05, 0.1) is 17.0 Å². The van der Waals surface area contributed by atoms with Crippen LogP contribution < -0.4 is 20.1 Å². The highest BCUT2D eigenvalue weighted by Crippen LogP contribution is 2.34. The van der Waals surface area contributed by atoms with Gasteiger partial charge in [-0.2, -0.15) is 0 Å². The van der Waals surface area contributed by atoms with Gasteiger partial charge in [0.1, 0.15) is 6.54 Å². The van der Waals surface area contributed by atoms with Gasteiger partial charge in [-0.1, -0.05) is 23.7 Å². The summed E-state index contributed by atoms with van der Waals surface area (Å²) in [6, 6.07) is 15.4. The number of carbonyl (C=O) groups excluding carboxylic acids is 4. The molecule has 1 aliphatic rings. The molecule has 0 unspecified atom stereocenters. The Kier molecular flexibility index (Phi) is 9.74. The van der Waals surface area contributed by atoms with Crippen molar-refractivity contribution in [2.75, 3.05) is 30.9 Å². The normalized spacial score (nSPS) is 13.9. The summed E-state index contributed by atoms with van der Waals surface area (Å²) in [5, 5.41) is 5.34. The van der Waals surface area contributed by atoms with Crippen molar-refractivity contribution in [3.8, 4) is 11.5 Å². The third kappa shape index (κ3) is 7.69. The maximum absolute atomic E-state index is 12.9. The third-order valence-corrected chi connectivity index (χ3v) is 8.15. The number of thioether (sulfide) groups is 1. The van der Waals surface area contributed by atoms with E-state index < -0.39 is 29.5 Å². The maximum Gasteiger partial charge on any atom is 0.294 e. The predicted molar refractivity (Wildman–Crippen MR) is 163 cm³/mol. The average Bonchev–Trinajstić information content (AvgIpc) is 3.19. The van der Waals surface area contributed by atoms with Crippen molar-refractivity contribution in [3.05, 3.63) is 85.7 Å². The van der Waals surface area contributed by atoms with Crippen LogP contribution in [0.5, 0.6) is 11.5 Å². The molecular weight excluding hydrogens is 634 g/mol. The standard InChI is InChI=1S/C29H25BrClN3O6S/c1-16-4-6-19(10-17(16)2)32-26(35)14-34-28(37)25(41-29(34)38)12-18-5-9-23(24(11-18)39-3)40-15-27(36)33-20-7-8-21(30)22(31)13-20/h4-13H,14-15H2,1-3H3,(H,32,35)(H,33,36)/b25-12+. The van der Waals surface area contributed by atoms with E-state index in [0.717, 1.165) is 27.8 Å². The number of benzene rings is 3. The van der Waals surface area contributed by atoms with Crippen LogP contribution >= 0.6 is 39.3 Å². The number of imide groups is 1. The Hall–Kier alpha value is -3.80. The molecule has 1 fully saturated rings. The molecule has 9 nitrogen and oxygen atoms in total. The van der Waals surface area contributed by atoms with Crippen molar-refractivity contribution in [2.45, 2.75) is 13.8 Å². The molecule has 3 aromatic carbocycles. The molecule has 212 valence electrons. The fourth-order valence-electron chi connectivity index (χ4n) is 3.76. The van der Waals surface area contributed by atoms with Crippen molar-refractivity contribution < 1.29 is 28.7 Å². The zero-order valence-electron chi connectivity index (χ0n) is 22.2. The highest BCUT2D eigenvalue weighted by atomic mass is 79.9. The maximum atomic E-state index is 12.9. The second kappa shape index (κ2) is 13.2. The molecule has 12 heteroatoms. The number of hydrogen-bond donors (Lipinski definition) is 2. The number of anilines is 2. The van der Waals surface area contributed by atoms with E-state index in [1.165, 1.54) is 13.2 Å². The molecule has 1 heterocycles. The minimum Gasteiger partial charge on any atom is -0.493 e. The molecule has 41 heavy (non-hydrogen) atoms. The summed E-state index contributed by atoms with van der Waals surface area (Å²) in [5.74, 6) is -0.814. The molecule has 1 saturated heterocycles. The fourth-order valence-corrected chi connectivity index (χ4v) is 5.02. The van der Waals surface area contributed by atoms with Crippen molar-refractivity contribution in [1.29, 1.82) is 0 Å². The molecule has 0 aliphatic carbocycles. The highest BCUT2D eigenvalue weighted by molar-refractivity contribution is 9.10. The topological polar surface area (TPSA) is 114 Å². The first-order valence-electron chi connectivity index (χ1n) is 12.2. The van der Waals surface area contributed by atoms with Crippen molar-refractivity contribution in [2.24, 2.45) is 0 Å². The molecule has 3 aromatic rings. The molecule has 0 aromatic heterocycles. The van der Waals surface area contributed by atoms with Crippen molar-refractivity contribution in [3.63, 3.8) is 0 Å². The monoisotopic (exact) mass is 657 g/mol. The Morgan fingerprint density at radius 3 is 2.37 bits per heavy atom. The van der Waals surface area contributed by atoms with E-state index in [0.29, 0.717) is 37.9 Å². The van der Waals surface area contributed by atoms with Crippen LogP contribution in [0.15, 0.2) is 64.0 Å². The molecule has 4 amide bonds. The van der Waals surface area contributed by atoms with Crippen LogP contribution in [0.1, 0.15) is 16.7 Å². The minimum absolute atomic E-state index is 0.164. The number of nitrogens with one attached hydrogen (secondary N) is 2. The highest BCUT2D eigenvalue weighted by Gasteiger charge is 2.36. The summed E-state index contributed by atoms with van der Waals surface area (Å²) in [6.45, 7) is 3.20. The lowest BCUT2D eigenvalue weighted by Crippen LogP contribution is -2.36. The van der Waals surface area contributed by atoms with Crippen LogP contribution in [0.4, 0.5) is 16.2 Å². The molecular formula is C29H25BrClN3O6S. The van der Waals surface area contributed by atoms with Gasteiger partial charge in [-0.25, -0.2) is 0 Å². The third-order valence-electron chi connectivity index (χ3n) is 6.01. The fraction of sp³-hybridized carbons (Fsp3) is 0.172. The Labute approximate surface area is 254 Å². The smallest absolute Gasteiger partial charge is 0.294 e. The number of hydrogen-bond acceptors (Lipinski definition) is 7. The van der Waals surface area contributed by atoms with E-state index in [1.807, 2.05) is 26.0 Å². The summed E-state index contributed by atoms with van der Waals surface area (Å²) < 4.78 is 11.7. The zero-order valence-corrected chi connectivity index (χ0v) is 25.4. The van der Waals surface area contributed by atoms with Crippen LogP contribution in [0.25, 0.3) is 6.08 Å². The number of aryl methyl sites for hydroxylation is 2. The average molecular weight is 659 g/mol.